The molecule has 1 saturated heterocycles. The lowest BCUT2D eigenvalue weighted by Crippen LogP contribution is -2.52. The predicted molar refractivity (Wildman–Crippen MR) is 87.4 cm³/mol. The number of carbonyl (C=O) groups excluding carboxylic acids is 1. The third-order valence-electron chi connectivity index (χ3n) is 3.71. The van der Waals surface area contributed by atoms with Crippen LogP contribution in [0.2, 0.25) is 0 Å². The van der Waals surface area contributed by atoms with E-state index >= 15 is 0 Å². The minimum Gasteiger partial charge on any atom is -0.389 e. The van der Waals surface area contributed by atoms with Crippen LogP contribution in [0.15, 0.2) is 24.3 Å². The fraction of sp³-hybridized carbons (Fsp3) is 0.467. The molecule has 1 heterocycles. The Morgan fingerprint density at radius 3 is 3.00 bits per heavy atom. The number of benzene rings is 1. The zero-order valence-corrected chi connectivity index (χ0v) is 13.2. The quantitative estimate of drug-likeness (QED) is 0.822. The first-order valence-corrected chi connectivity index (χ1v) is 7.44. The van der Waals surface area contributed by atoms with E-state index in [9.17, 15) is 4.79 Å². The second kappa shape index (κ2) is 6.98. The van der Waals surface area contributed by atoms with E-state index in [-0.39, 0.29) is 18.0 Å². The Labute approximate surface area is 130 Å². The first kappa shape index (κ1) is 15.9. The maximum atomic E-state index is 12.4. The molecule has 5 nitrogen and oxygen atoms in total. The van der Waals surface area contributed by atoms with Crippen LogP contribution < -0.4 is 11.1 Å². The van der Waals surface area contributed by atoms with E-state index in [4.69, 9.17) is 22.7 Å². The summed E-state index contributed by atoms with van der Waals surface area (Å²) in [7, 11) is 0. The number of carbonyl (C=O) groups is 1. The molecule has 0 saturated carbocycles. The van der Waals surface area contributed by atoms with Crippen molar-refractivity contribution in [1.82, 2.24) is 4.90 Å². The maximum absolute atomic E-state index is 12.4. The van der Waals surface area contributed by atoms with E-state index in [0.717, 1.165) is 12.1 Å². The lowest BCUT2D eigenvalue weighted by atomic mass is 10.1. The van der Waals surface area contributed by atoms with Crippen molar-refractivity contribution < 1.29 is 9.53 Å². The van der Waals surface area contributed by atoms with E-state index in [1.807, 2.05) is 25.1 Å². The monoisotopic (exact) mass is 307 g/mol. The molecule has 0 aliphatic carbocycles. The highest BCUT2D eigenvalue weighted by molar-refractivity contribution is 7.80. The van der Waals surface area contributed by atoms with Crippen molar-refractivity contribution in [3.05, 3.63) is 29.8 Å². The number of nitrogens with two attached hydrogens (primary N) is 1. The van der Waals surface area contributed by atoms with Crippen LogP contribution in [0.5, 0.6) is 0 Å². The molecule has 1 aliphatic rings. The van der Waals surface area contributed by atoms with Crippen LogP contribution >= 0.6 is 12.2 Å². The molecule has 2 atom stereocenters. The van der Waals surface area contributed by atoms with Gasteiger partial charge in [-0.15, -0.1) is 0 Å². The molecule has 6 heteroatoms. The number of hydrogen-bond donors (Lipinski definition) is 2. The molecular formula is C15H21N3O2S. The Hall–Kier alpha value is -1.50. The number of morpholine rings is 1. The van der Waals surface area contributed by atoms with Crippen LogP contribution in [0.1, 0.15) is 19.4 Å². The first-order valence-electron chi connectivity index (χ1n) is 7.03. The highest BCUT2D eigenvalue weighted by Gasteiger charge is 2.28. The van der Waals surface area contributed by atoms with Crippen LogP contribution in [0.3, 0.4) is 0 Å². The highest BCUT2D eigenvalue weighted by atomic mass is 32.1. The summed E-state index contributed by atoms with van der Waals surface area (Å²) in [5.41, 5.74) is 7.06. The lowest BCUT2D eigenvalue weighted by Gasteiger charge is -2.36. The average molecular weight is 307 g/mol. The van der Waals surface area contributed by atoms with Crippen LogP contribution in [-0.2, 0) is 9.53 Å². The molecule has 0 radical (unpaired) electrons. The SMILES string of the molecule is CC1COCCN1C(C)C(=O)Nc1cccc(C(N)=S)c1. The molecule has 2 rings (SSSR count). The Bertz CT molecular complexity index is 535. The van der Waals surface area contributed by atoms with Gasteiger partial charge in [-0.05, 0) is 26.0 Å². The minimum atomic E-state index is -0.211. The van der Waals surface area contributed by atoms with Crippen molar-refractivity contribution >= 4 is 28.8 Å². The van der Waals surface area contributed by atoms with Crippen LogP contribution in [0.4, 0.5) is 5.69 Å². The number of amides is 1. The van der Waals surface area contributed by atoms with Crippen LogP contribution in [-0.4, -0.2) is 47.6 Å². The molecule has 1 aromatic carbocycles. The summed E-state index contributed by atoms with van der Waals surface area (Å²) in [5, 5.41) is 2.92. The normalized spacial score (nSPS) is 20.8. The Morgan fingerprint density at radius 1 is 1.57 bits per heavy atom. The highest BCUT2D eigenvalue weighted by Crippen LogP contribution is 2.15. The van der Waals surface area contributed by atoms with Gasteiger partial charge in [0.05, 0.1) is 19.3 Å². The van der Waals surface area contributed by atoms with Crippen molar-refractivity contribution in [3.8, 4) is 0 Å². The van der Waals surface area contributed by atoms with Gasteiger partial charge in [0.25, 0.3) is 0 Å². The summed E-state index contributed by atoms with van der Waals surface area (Å²) in [4.78, 5) is 14.9. The Kier molecular flexibility index (Phi) is 5.27. The zero-order valence-electron chi connectivity index (χ0n) is 12.3. The molecular weight excluding hydrogens is 286 g/mol. The van der Waals surface area contributed by atoms with E-state index < -0.39 is 0 Å². The fourth-order valence-electron chi connectivity index (χ4n) is 2.46. The number of ether oxygens (including phenoxy) is 1. The molecule has 114 valence electrons. The smallest absolute Gasteiger partial charge is 0.241 e. The van der Waals surface area contributed by atoms with Crippen molar-refractivity contribution in [2.24, 2.45) is 5.73 Å². The predicted octanol–water partition coefficient (Wildman–Crippen LogP) is 1.37. The summed E-state index contributed by atoms with van der Waals surface area (Å²) < 4.78 is 5.40. The summed E-state index contributed by atoms with van der Waals surface area (Å²) in [6, 6.07) is 7.29. The Balaban J connectivity index is 2.03. The van der Waals surface area contributed by atoms with Crippen molar-refractivity contribution in [2.45, 2.75) is 25.9 Å². The summed E-state index contributed by atoms with van der Waals surface area (Å²) in [6.07, 6.45) is 0. The van der Waals surface area contributed by atoms with E-state index in [0.29, 0.717) is 23.9 Å². The molecule has 1 amide bonds. The summed E-state index contributed by atoms with van der Waals surface area (Å²) in [5.74, 6) is -0.0381. The molecule has 0 aromatic heterocycles. The average Bonchev–Trinajstić information content (AvgIpc) is 2.47. The van der Waals surface area contributed by atoms with Crippen molar-refractivity contribution in [1.29, 1.82) is 0 Å². The lowest BCUT2D eigenvalue weighted by molar-refractivity contribution is -0.124. The zero-order chi connectivity index (χ0) is 15.4. The van der Waals surface area contributed by atoms with Gasteiger partial charge in [0.1, 0.15) is 4.99 Å². The van der Waals surface area contributed by atoms with Gasteiger partial charge in [-0.2, -0.15) is 0 Å². The third-order valence-corrected chi connectivity index (χ3v) is 3.95. The van der Waals surface area contributed by atoms with Crippen LogP contribution in [0, 0.1) is 0 Å². The second-order valence-electron chi connectivity index (χ2n) is 5.27. The van der Waals surface area contributed by atoms with Gasteiger partial charge in [0.2, 0.25) is 5.91 Å². The number of thiocarbonyl (C=S) groups is 1. The van der Waals surface area contributed by atoms with Crippen molar-refractivity contribution in [2.75, 3.05) is 25.1 Å². The van der Waals surface area contributed by atoms with Gasteiger partial charge in [-0.25, -0.2) is 0 Å². The molecule has 21 heavy (non-hydrogen) atoms. The molecule has 1 aromatic rings. The second-order valence-corrected chi connectivity index (χ2v) is 5.71. The Morgan fingerprint density at radius 2 is 2.33 bits per heavy atom. The molecule has 0 bridgehead atoms. The summed E-state index contributed by atoms with van der Waals surface area (Å²) in [6.45, 7) is 6.07. The van der Waals surface area contributed by atoms with Gasteiger partial charge in [0, 0.05) is 23.8 Å². The topological polar surface area (TPSA) is 67.6 Å². The molecule has 3 N–H and O–H groups in total. The third kappa shape index (κ3) is 4.00. The number of rotatable bonds is 4. The van der Waals surface area contributed by atoms with E-state index in [1.54, 1.807) is 6.07 Å². The number of nitrogens with zero attached hydrogens (tertiary/aromatic N) is 1. The van der Waals surface area contributed by atoms with Gasteiger partial charge >= 0.3 is 0 Å². The molecule has 1 fully saturated rings. The molecule has 1 aliphatic heterocycles. The standard InChI is InChI=1S/C15H21N3O2S/c1-10-9-20-7-6-18(10)11(2)15(19)17-13-5-3-4-12(8-13)14(16)21/h3-5,8,10-11H,6-7,9H2,1-2H3,(H2,16,21)(H,17,19). The number of anilines is 1. The first-order chi connectivity index (χ1) is 9.99. The van der Waals surface area contributed by atoms with E-state index in [2.05, 4.69) is 17.1 Å². The van der Waals surface area contributed by atoms with Gasteiger partial charge in [0.15, 0.2) is 0 Å². The number of hydrogen-bond acceptors (Lipinski definition) is 4. The van der Waals surface area contributed by atoms with Crippen molar-refractivity contribution in [3.63, 3.8) is 0 Å². The maximum Gasteiger partial charge on any atom is 0.241 e. The largest absolute Gasteiger partial charge is 0.389 e. The van der Waals surface area contributed by atoms with Crippen LogP contribution in [0.25, 0.3) is 0 Å². The summed E-state index contributed by atoms with van der Waals surface area (Å²) >= 11 is 4.95. The minimum absolute atomic E-state index is 0.0381. The number of nitrogens with one attached hydrogen (secondary N) is 1. The molecule has 2 unspecified atom stereocenters. The van der Waals surface area contributed by atoms with E-state index in [1.165, 1.54) is 0 Å². The van der Waals surface area contributed by atoms with Gasteiger partial charge in [-0.3, -0.25) is 9.69 Å². The molecule has 0 spiro atoms. The van der Waals surface area contributed by atoms with Gasteiger partial charge in [-0.1, -0.05) is 24.4 Å². The fourth-order valence-corrected chi connectivity index (χ4v) is 2.59. The van der Waals surface area contributed by atoms with Gasteiger partial charge < -0.3 is 15.8 Å².